The van der Waals surface area contributed by atoms with Crippen molar-refractivity contribution in [1.29, 1.82) is 0 Å². The molecule has 5 nitrogen and oxygen atoms in total. The second-order valence-corrected chi connectivity index (χ2v) is 6.63. The first-order chi connectivity index (χ1) is 11.1. The van der Waals surface area contributed by atoms with Crippen LogP contribution in [0.25, 0.3) is 0 Å². The van der Waals surface area contributed by atoms with Gasteiger partial charge < -0.3 is 11.1 Å². The van der Waals surface area contributed by atoms with Crippen molar-refractivity contribution < 1.29 is 18.0 Å². The van der Waals surface area contributed by atoms with Crippen molar-refractivity contribution in [3.8, 4) is 0 Å². The van der Waals surface area contributed by atoms with E-state index in [-0.39, 0.29) is 24.6 Å². The minimum atomic E-state index is -4.58. The van der Waals surface area contributed by atoms with E-state index in [0.717, 1.165) is 17.0 Å². The molecule has 1 heterocycles. The van der Waals surface area contributed by atoms with Crippen LogP contribution in [0, 0.1) is 0 Å². The van der Waals surface area contributed by atoms with Gasteiger partial charge >= 0.3 is 6.18 Å². The van der Waals surface area contributed by atoms with Gasteiger partial charge in [0.05, 0.1) is 17.1 Å². The third-order valence-corrected chi connectivity index (χ3v) is 4.11. The smallest absolute Gasteiger partial charge is 0.375 e. The normalized spacial score (nSPS) is 11.3. The number of hydrogen-bond acceptors (Lipinski definition) is 5. The SMILES string of the molecule is CN(CC(=O)Nc1ccc(Cl)c(C(F)(F)F)c1)Cc1cnc(N)s1.Cl. The van der Waals surface area contributed by atoms with Crippen LogP contribution in [-0.4, -0.2) is 29.4 Å². The minimum Gasteiger partial charge on any atom is -0.375 e. The number of rotatable bonds is 5. The first kappa shape index (κ1) is 21.5. The zero-order chi connectivity index (χ0) is 17.9. The van der Waals surface area contributed by atoms with E-state index in [1.807, 2.05) is 0 Å². The van der Waals surface area contributed by atoms with Gasteiger partial charge in [-0.25, -0.2) is 4.98 Å². The Kier molecular flexibility index (Phi) is 7.48. The van der Waals surface area contributed by atoms with Crippen LogP contribution in [0.3, 0.4) is 0 Å². The number of alkyl halides is 3. The molecule has 11 heteroatoms. The Bertz CT molecular complexity index is 739. The van der Waals surface area contributed by atoms with Crippen molar-refractivity contribution >= 4 is 52.1 Å². The van der Waals surface area contributed by atoms with E-state index >= 15 is 0 Å². The fraction of sp³-hybridized carbons (Fsp3) is 0.286. The number of anilines is 2. The highest BCUT2D eigenvalue weighted by molar-refractivity contribution is 7.15. The molecule has 0 aliphatic rings. The molecule has 3 N–H and O–H groups in total. The lowest BCUT2D eigenvalue weighted by molar-refractivity contribution is -0.137. The summed E-state index contributed by atoms with van der Waals surface area (Å²) < 4.78 is 38.4. The number of nitrogens with zero attached hydrogens (tertiary/aromatic N) is 2. The fourth-order valence-electron chi connectivity index (χ4n) is 1.98. The number of likely N-dealkylation sites (N-methyl/N-ethyl adjacent to an activating group) is 1. The van der Waals surface area contributed by atoms with Gasteiger partial charge in [0.2, 0.25) is 5.91 Å². The van der Waals surface area contributed by atoms with E-state index in [1.54, 1.807) is 18.1 Å². The standard InChI is InChI=1S/C14H14ClF3N4OS.ClH/c1-22(6-9-5-20-13(19)24-9)7-12(23)21-8-2-3-11(15)10(4-8)14(16,17)18;/h2-5H,6-7H2,1H3,(H2,19,20)(H,21,23);1H. The van der Waals surface area contributed by atoms with Gasteiger partial charge in [-0.3, -0.25) is 9.69 Å². The van der Waals surface area contributed by atoms with Crippen molar-refractivity contribution in [3.63, 3.8) is 0 Å². The molecular formula is C14H15Cl2F3N4OS. The van der Waals surface area contributed by atoms with Gasteiger partial charge in [0.1, 0.15) is 0 Å². The van der Waals surface area contributed by atoms with E-state index < -0.39 is 22.7 Å². The maximum Gasteiger partial charge on any atom is 0.417 e. The van der Waals surface area contributed by atoms with Crippen molar-refractivity contribution in [1.82, 2.24) is 9.88 Å². The summed E-state index contributed by atoms with van der Waals surface area (Å²) in [7, 11) is 1.71. The van der Waals surface area contributed by atoms with Crippen LogP contribution in [-0.2, 0) is 17.5 Å². The van der Waals surface area contributed by atoms with Crippen molar-refractivity contribution in [2.75, 3.05) is 24.6 Å². The number of halogens is 5. The summed E-state index contributed by atoms with van der Waals surface area (Å²) in [5.41, 5.74) is 4.57. The summed E-state index contributed by atoms with van der Waals surface area (Å²) in [4.78, 5) is 18.4. The average Bonchev–Trinajstić information content (AvgIpc) is 2.84. The molecule has 1 aromatic heterocycles. The van der Waals surface area contributed by atoms with Gasteiger partial charge in [-0.1, -0.05) is 11.6 Å². The Hall–Kier alpha value is -1.55. The number of thiazole rings is 1. The van der Waals surface area contributed by atoms with Crippen LogP contribution < -0.4 is 11.1 Å². The molecule has 0 radical (unpaired) electrons. The Morgan fingerprint density at radius 2 is 2.12 bits per heavy atom. The van der Waals surface area contributed by atoms with E-state index in [4.69, 9.17) is 17.3 Å². The molecule has 1 aromatic carbocycles. The Morgan fingerprint density at radius 1 is 1.44 bits per heavy atom. The molecule has 0 bridgehead atoms. The monoisotopic (exact) mass is 414 g/mol. The van der Waals surface area contributed by atoms with E-state index in [2.05, 4.69) is 10.3 Å². The number of hydrogen-bond donors (Lipinski definition) is 2. The quantitative estimate of drug-likeness (QED) is 0.778. The third kappa shape index (κ3) is 6.35. The van der Waals surface area contributed by atoms with Crippen LogP contribution in [0.4, 0.5) is 24.0 Å². The largest absolute Gasteiger partial charge is 0.417 e. The van der Waals surface area contributed by atoms with Gasteiger partial charge in [0, 0.05) is 23.3 Å². The highest BCUT2D eigenvalue weighted by Gasteiger charge is 2.33. The zero-order valence-electron chi connectivity index (χ0n) is 12.9. The maximum absolute atomic E-state index is 12.8. The van der Waals surface area contributed by atoms with Crippen molar-refractivity contribution in [2.24, 2.45) is 0 Å². The van der Waals surface area contributed by atoms with E-state index in [0.29, 0.717) is 11.7 Å². The summed E-state index contributed by atoms with van der Waals surface area (Å²) in [6.45, 7) is 0.457. The number of nitrogen functional groups attached to an aromatic ring is 1. The number of aromatic nitrogens is 1. The number of benzene rings is 1. The van der Waals surface area contributed by atoms with Crippen LogP contribution >= 0.6 is 35.3 Å². The van der Waals surface area contributed by atoms with Gasteiger partial charge in [-0.2, -0.15) is 13.2 Å². The molecule has 1 amide bonds. The fourth-order valence-corrected chi connectivity index (χ4v) is 2.97. The van der Waals surface area contributed by atoms with Crippen LogP contribution in [0.5, 0.6) is 0 Å². The second kappa shape index (κ2) is 8.70. The molecule has 25 heavy (non-hydrogen) atoms. The minimum absolute atomic E-state index is 0. The molecule has 0 saturated heterocycles. The lowest BCUT2D eigenvalue weighted by Crippen LogP contribution is -2.29. The molecule has 138 valence electrons. The lowest BCUT2D eigenvalue weighted by atomic mass is 10.2. The Labute approximate surface area is 157 Å². The second-order valence-electron chi connectivity index (χ2n) is 5.08. The van der Waals surface area contributed by atoms with E-state index in [1.165, 1.54) is 17.4 Å². The molecule has 2 aromatic rings. The highest BCUT2D eigenvalue weighted by Crippen LogP contribution is 2.36. The zero-order valence-corrected chi connectivity index (χ0v) is 15.3. The van der Waals surface area contributed by atoms with Gasteiger partial charge in [-0.15, -0.1) is 23.7 Å². The predicted octanol–water partition coefficient (Wildman–Crippen LogP) is 3.89. The van der Waals surface area contributed by atoms with Gasteiger partial charge in [-0.05, 0) is 25.2 Å². The summed E-state index contributed by atoms with van der Waals surface area (Å²) in [5, 5.41) is 2.45. The predicted molar refractivity (Wildman–Crippen MR) is 95.2 cm³/mol. The summed E-state index contributed by atoms with van der Waals surface area (Å²) in [6.07, 6.45) is -2.97. The number of carbonyl (C=O) groups is 1. The van der Waals surface area contributed by atoms with Gasteiger partial charge in [0.15, 0.2) is 5.13 Å². The molecule has 0 saturated carbocycles. The molecule has 0 aliphatic carbocycles. The number of amides is 1. The van der Waals surface area contributed by atoms with E-state index in [9.17, 15) is 18.0 Å². The Balaban J connectivity index is 0.00000312. The number of carbonyl (C=O) groups excluding carboxylic acids is 1. The molecule has 0 aliphatic heterocycles. The molecule has 0 spiro atoms. The van der Waals surface area contributed by atoms with Gasteiger partial charge in [0.25, 0.3) is 0 Å². The molecule has 2 rings (SSSR count). The first-order valence-electron chi connectivity index (χ1n) is 6.70. The number of nitrogens with one attached hydrogen (secondary N) is 1. The maximum atomic E-state index is 12.8. The molecule has 0 unspecified atom stereocenters. The number of nitrogens with two attached hydrogens (primary N) is 1. The topological polar surface area (TPSA) is 71.2 Å². The summed E-state index contributed by atoms with van der Waals surface area (Å²) in [6, 6.07) is 3.23. The van der Waals surface area contributed by atoms with Crippen molar-refractivity contribution in [3.05, 3.63) is 39.9 Å². The summed E-state index contributed by atoms with van der Waals surface area (Å²) in [5.74, 6) is -0.439. The average molecular weight is 415 g/mol. The van der Waals surface area contributed by atoms with Crippen molar-refractivity contribution in [2.45, 2.75) is 12.7 Å². The first-order valence-corrected chi connectivity index (χ1v) is 7.90. The van der Waals surface area contributed by atoms with Crippen LogP contribution in [0.2, 0.25) is 5.02 Å². The van der Waals surface area contributed by atoms with Crippen LogP contribution in [0.15, 0.2) is 24.4 Å². The third-order valence-electron chi connectivity index (χ3n) is 2.97. The molecule has 0 atom stereocenters. The Morgan fingerprint density at radius 3 is 2.68 bits per heavy atom. The summed E-state index contributed by atoms with van der Waals surface area (Å²) >= 11 is 6.85. The molecular weight excluding hydrogens is 400 g/mol. The lowest BCUT2D eigenvalue weighted by Gasteiger charge is -2.16. The highest BCUT2D eigenvalue weighted by atomic mass is 35.5. The molecule has 0 fully saturated rings. The van der Waals surface area contributed by atoms with Crippen LogP contribution in [0.1, 0.15) is 10.4 Å².